The zero-order chi connectivity index (χ0) is 54.4. The van der Waals surface area contributed by atoms with Gasteiger partial charge >= 0.3 is 5.97 Å². The summed E-state index contributed by atoms with van der Waals surface area (Å²) in [5.74, 6) is -0.384. The van der Waals surface area contributed by atoms with Crippen LogP contribution < -0.4 is 0 Å². The molecule has 11 unspecified atom stereocenters. The fourth-order valence-corrected chi connectivity index (χ4v) is 9.15. The van der Waals surface area contributed by atoms with Gasteiger partial charge in [-0.3, -0.25) is 4.79 Å². The molecule has 0 spiro atoms. The van der Waals surface area contributed by atoms with Crippen LogP contribution in [-0.2, 0) is 33.2 Å². The summed E-state index contributed by atoms with van der Waals surface area (Å²) in [6, 6.07) is 0. The van der Waals surface area contributed by atoms with Crippen LogP contribution in [0.2, 0.25) is 0 Å². The normalized spacial score (nSPS) is 25.0. The van der Waals surface area contributed by atoms with Gasteiger partial charge in [0.2, 0.25) is 0 Å². The molecule has 7 N–H and O–H groups in total. The molecule has 2 aliphatic rings. The van der Waals surface area contributed by atoms with Gasteiger partial charge in [0.15, 0.2) is 12.6 Å². The number of rotatable bonds is 48. The standard InChI is InChI=1S/C61H108O14/c1-3-5-7-9-11-13-15-17-19-21-22-23-24-25-26-27-28-29-30-32-34-36-38-40-42-44-53(63)73-50(47-70-45-43-41-39-37-35-33-31-20-18-16-14-12-10-8-6-4-2)48-71-60-59(69)57(67)55(65)52(75-60)49-72-61-58(68)56(66)54(64)51(46-62)74-61/h12,14-15,17-18,20-22,24-25,50-52,54-62,64-69H,3-11,13,16,19,23,26-49H2,1-2H3/b14-12-,17-15-,20-18-,22-21-,25-24-. The van der Waals surface area contributed by atoms with Crippen molar-refractivity contribution in [2.24, 2.45) is 0 Å². The van der Waals surface area contributed by atoms with Crippen molar-refractivity contribution in [3.05, 3.63) is 60.8 Å². The lowest BCUT2D eigenvalue weighted by atomic mass is 9.98. The first-order valence-corrected chi connectivity index (χ1v) is 29.9. The summed E-state index contributed by atoms with van der Waals surface area (Å²) in [6.45, 7) is 3.63. The van der Waals surface area contributed by atoms with Gasteiger partial charge in [0.05, 0.1) is 26.4 Å². The fraction of sp³-hybridized carbons (Fsp3) is 0.820. The summed E-state index contributed by atoms with van der Waals surface area (Å²) in [5, 5.41) is 72.4. The van der Waals surface area contributed by atoms with Crippen LogP contribution in [0, 0.1) is 0 Å². The van der Waals surface area contributed by atoms with E-state index in [1.54, 1.807) is 0 Å². The van der Waals surface area contributed by atoms with Crippen LogP contribution >= 0.6 is 0 Å². The first-order valence-electron chi connectivity index (χ1n) is 29.9. The number of ether oxygens (including phenoxy) is 6. The van der Waals surface area contributed by atoms with Gasteiger partial charge in [-0.15, -0.1) is 0 Å². The average Bonchev–Trinajstić information content (AvgIpc) is 3.41. The zero-order valence-electron chi connectivity index (χ0n) is 46.8. The molecule has 2 heterocycles. The molecule has 2 aliphatic heterocycles. The Hall–Kier alpha value is -2.31. The van der Waals surface area contributed by atoms with Crippen molar-refractivity contribution in [2.75, 3.05) is 33.0 Å². The minimum Gasteiger partial charge on any atom is -0.457 e. The van der Waals surface area contributed by atoms with Gasteiger partial charge in [-0.05, 0) is 83.5 Å². The summed E-state index contributed by atoms with van der Waals surface area (Å²) in [4.78, 5) is 13.1. The van der Waals surface area contributed by atoms with Crippen LogP contribution in [0.5, 0.6) is 0 Å². The molecule has 0 aromatic rings. The Bertz CT molecular complexity index is 1470. The molecule has 0 aromatic carbocycles. The molecule has 0 radical (unpaired) electrons. The molecule has 0 aromatic heterocycles. The molecule has 11 atom stereocenters. The molecule has 2 saturated heterocycles. The molecule has 0 bridgehead atoms. The topological polar surface area (TPSA) is 214 Å². The maximum absolute atomic E-state index is 13.1. The number of hydrogen-bond donors (Lipinski definition) is 7. The average molecular weight is 1070 g/mol. The number of unbranched alkanes of at least 4 members (excludes halogenated alkanes) is 24. The molecule has 14 heteroatoms. The Balaban J connectivity index is 1.70. The fourth-order valence-electron chi connectivity index (χ4n) is 9.15. The molecule has 2 fully saturated rings. The maximum atomic E-state index is 13.1. The van der Waals surface area contributed by atoms with E-state index in [-0.39, 0.29) is 25.6 Å². The third-order valence-corrected chi connectivity index (χ3v) is 14.0. The summed E-state index contributed by atoms with van der Waals surface area (Å²) in [7, 11) is 0. The molecular formula is C61H108O14. The SMILES string of the molecule is CCCCC/C=C\C/C=C\CCCCCCCCOCC(COC1OC(COC2OC(CO)C(O)C(O)C2O)C(O)C(O)C1O)OC(=O)CCCCCCCCCCCC/C=C\C/C=C\C/C=C\CCCCCCC. The van der Waals surface area contributed by atoms with Crippen molar-refractivity contribution in [1.82, 2.24) is 0 Å². The number of allylic oxidation sites excluding steroid dienone is 10. The monoisotopic (exact) mass is 1060 g/mol. The highest BCUT2D eigenvalue weighted by Gasteiger charge is 2.47. The predicted molar refractivity (Wildman–Crippen MR) is 298 cm³/mol. The van der Waals surface area contributed by atoms with E-state index in [4.69, 9.17) is 28.4 Å². The molecular weight excluding hydrogens is 957 g/mol. The van der Waals surface area contributed by atoms with Crippen LogP contribution in [0.3, 0.4) is 0 Å². The molecule has 2 rings (SSSR count). The lowest BCUT2D eigenvalue weighted by molar-refractivity contribution is -0.332. The van der Waals surface area contributed by atoms with Crippen LogP contribution in [0.25, 0.3) is 0 Å². The second-order valence-corrected chi connectivity index (χ2v) is 20.8. The molecule has 0 amide bonds. The summed E-state index contributed by atoms with van der Waals surface area (Å²) in [5.41, 5.74) is 0. The van der Waals surface area contributed by atoms with E-state index < -0.39 is 80.7 Å². The summed E-state index contributed by atoms with van der Waals surface area (Å²) >= 11 is 0. The first-order chi connectivity index (χ1) is 36.6. The van der Waals surface area contributed by atoms with Crippen LogP contribution in [0.4, 0.5) is 0 Å². The van der Waals surface area contributed by atoms with Gasteiger partial charge in [0, 0.05) is 13.0 Å². The minimum atomic E-state index is -1.71. The van der Waals surface area contributed by atoms with Gasteiger partial charge in [-0.1, -0.05) is 190 Å². The number of aliphatic hydroxyl groups is 7. The first kappa shape index (κ1) is 68.8. The third kappa shape index (κ3) is 34.3. The largest absolute Gasteiger partial charge is 0.457 e. The van der Waals surface area contributed by atoms with Crippen LogP contribution in [0.15, 0.2) is 60.8 Å². The Morgan fingerprint density at radius 2 is 0.827 bits per heavy atom. The minimum absolute atomic E-state index is 0.0512. The van der Waals surface area contributed by atoms with E-state index in [2.05, 4.69) is 74.6 Å². The van der Waals surface area contributed by atoms with Gasteiger partial charge in [-0.2, -0.15) is 0 Å². The van der Waals surface area contributed by atoms with Crippen molar-refractivity contribution in [3.63, 3.8) is 0 Å². The predicted octanol–water partition coefficient (Wildman–Crippen LogP) is 10.9. The van der Waals surface area contributed by atoms with Crippen molar-refractivity contribution in [2.45, 2.75) is 287 Å². The Kier molecular flexibility index (Phi) is 43.7. The van der Waals surface area contributed by atoms with E-state index in [1.165, 1.54) is 116 Å². The molecule has 436 valence electrons. The Morgan fingerprint density at radius 3 is 1.32 bits per heavy atom. The number of carbonyl (C=O) groups is 1. The maximum Gasteiger partial charge on any atom is 0.306 e. The van der Waals surface area contributed by atoms with E-state index in [0.29, 0.717) is 13.0 Å². The van der Waals surface area contributed by atoms with E-state index in [9.17, 15) is 40.5 Å². The number of carbonyl (C=O) groups excluding carboxylic acids is 1. The van der Waals surface area contributed by atoms with Gasteiger partial charge in [0.1, 0.15) is 54.9 Å². The summed E-state index contributed by atoms with van der Waals surface area (Å²) in [6.07, 6.45) is 42.8. The van der Waals surface area contributed by atoms with E-state index in [0.717, 1.165) is 77.0 Å². The van der Waals surface area contributed by atoms with E-state index >= 15 is 0 Å². The lowest BCUT2D eigenvalue weighted by Gasteiger charge is -2.42. The second kappa shape index (κ2) is 47.7. The molecule has 14 nitrogen and oxygen atoms in total. The highest BCUT2D eigenvalue weighted by Crippen LogP contribution is 2.27. The van der Waals surface area contributed by atoms with E-state index in [1.807, 2.05) is 0 Å². The highest BCUT2D eigenvalue weighted by atomic mass is 16.7. The highest BCUT2D eigenvalue weighted by molar-refractivity contribution is 5.69. The zero-order valence-corrected chi connectivity index (χ0v) is 46.8. The Morgan fingerprint density at radius 1 is 0.440 bits per heavy atom. The molecule has 0 aliphatic carbocycles. The van der Waals surface area contributed by atoms with Gasteiger partial charge in [0.25, 0.3) is 0 Å². The molecule has 75 heavy (non-hydrogen) atoms. The number of hydrogen-bond acceptors (Lipinski definition) is 14. The lowest BCUT2D eigenvalue weighted by Crippen LogP contribution is -2.61. The van der Waals surface area contributed by atoms with Gasteiger partial charge in [-0.25, -0.2) is 0 Å². The summed E-state index contributed by atoms with van der Waals surface area (Å²) < 4.78 is 34.4. The Labute approximate surface area is 454 Å². The quantitative estimate of drug-likeness (QED) is 0.0172. The van der Waals surface area contributed by atoms with Gasteiger partial charge < -0.3 is 64.2 Å². The number of esters is 1. The molecule has 0 saturated carbocycles. The number of aliphatic hydroxyl groups excluding tert-OH is 7. The third-order valence-electron chi connectivity index (χ3n) is 14.0. The van der Waals surface area contributed by atoms with Crippen molar-refractivity contribution in [1.29, 1.82) is 0 Å². The van der Waals surface area contributed by atoms with Crippen molar-refractivity contribution < 1.29 is 69.0 Å². The second-order valence-electron chi connectivity index (χ2n) is 20.8. The van der Waals surface area contributed by atoms with Crippen molar-refractivity contribution in [3.8, 4) is 0 Å². The smallest absolute Gasteiger partial charge is 0.306 e. The van der Waals surface area contributed by atoms with Crippen LogP contribution in [-0.4, -0.2) is 142 Å². The van der Waals surface area contributed by atoms with Crippen LogP contribution in [0.1, 0.15) is 219 Å². The van der Waals surface area contributed by atoms with Crippen molar-refractivity contribution >= 4 is 5.97 Å².